The summed E-state index contributed by atoms with van der Waals surface area (Å²) >= 11 is 5.56. The number of carbonyl (C=O) groups excluding carboxylic acids is 1. The van der Waals surface area contributed by atoms with Crippen LogP contribution in [0.1, 0.15) is 32.1 Å². The molecule has 2 bridgehead atoms. The lowest BCUT2D eigenvalue weighted by molar-refractivity contribution is -0.151. The summed E-state index contributed by atoms with van der Waals surface area (Å²) in [6.45, 7) is 0. The van der Waals surface area contributed by atoms with Gasteiger partial charge in [0, 0.05) is 0 Å². The Hall–Kier alpha value is -1.43. The zero-order valence-electron chi connectivity index (χ0n) is 10.8. The molecule has 1 heterocycles. The highest BCUT2D eigenvalue weighted by atomic mass is 35.5. The van der Waals surface area contributed by atoms with Crippen LogP contribution in [0.15, 0.2) is 6.20 Å². The highest BCUT2D eigenvalue weighted by molar-refractivity contribution is 6.28. The lowest BCUT2D eigenvalue weighted by atomic mass is 9.65. The predicted molar refractivity (Wildman–Crippen MR) is 70.3 cm³/mol. The van der Waals surface area contributed by atoms with E-state index in [-0.39, 0.29) is 23.0 Å². The van der Waals surface area contributed by atoms with Gasteiger partial charge in [-0.25, -0.2) is 14.2 Å². The summed E-state index contributed by atoms with van der Waals surface area (Å²) < 4.78 is 13.4. The van der Waals surface area contributed by atoms with Crippen molar-refractivity contribution in [2.75, 3.05) is 5.48 Å². The first kappa shape index (κ1) is 13.5. The topological polar surface area (TPSA) is 64.1 Å². The van der Waals surface area contributed by atoms with Gasteiger partial charge in [0.1, 0.15) is 0 Å². The molecule has 3 aliphatic carbocycles. The molecule has 0 aromatic carbocycles. The van der Waals surface area contributed by atoms with E-state index in [9.17, 15) is 9.18 Å². The summed E-state index contributed by atoms with van der Waals surface area (Å²) in [5.41, 5.74) is 2.25. The second-order valence-corrected chi connectivity index (χ2v) is 5.82. The van der Waals surface area contributed by atoms with Gasteiger partial charge in [0.05, 0.1) is 12.1 Å². The Bertz CT molecular complexity index is 520. The Kier molecular flexibility index (Phi) is 3.74. The van der Waals surface area contributed by atoms with E-state index < -0.39 is 5.82 Å². The van der Waals surface area contributed by atoms with Crippen LogP contribution in [0.4, 0.5) is 10.2 Å². The number of halogens is 2. The van der Waals surface area contributed by atoms with Gasteiger partial charge in [0.15, 0.2) is 5.82 Å². The molecule has 0 aliphatic heterocycles. The van der Waals surface area contributed by atoms with Crippen molar-refractivity contribution >= 4 is 23.4 Å². The third-order valence-electron chi connectivity index (χ3n) is 4.31. The van der Waals surface area contributed by atoms with Gasteiger partial charge in [0.2, 0.25) is 11.1 Å². The van der Waals surface area contributed by atoms with E-state index >= 15 is 0 Å². The van der Waals surface area contributed by atoms with Crippen LogP contribution >= 0.6 is 11.6 Å². The quantitative estimate of drug-likeness (QED) is 0.686. The molecular formula is C13H15ClFN3O2. The zero-order valence-corrected chi connectivity index (χ0v) is 11.6. The molecule has 0 spiro atoms. The minimum absolute atomic E-state index is 0.0876. The molecule has 1 unspecified atom stereocenters. The molecule has 1 aromatic rings. The van der Waals surface area contributed by atoms with Crippen molar-refractivity contribution in [3.8, 4) is 0 Å². The average molecular weight is 300 g/mol. The first-order valence-corrected chi connectivity index (χ1v) is 7.16. The van der Waals surface area contributed by atoms with Crippen molar-refractivity contribution in [2.45, 2.75) is 32.1 Å². The number of hydrogen-bond acceptors (Lipinski definition) is 5. The molecule has 3 aliphatic rings. The first-order chi connectivity index (χ1) is 9.63. The molecule has 0 amide bonds. The minimum atomic E-state index is -0.715. The van der Waals surface area contributed by atoms with Crippen molar-refractivity contribution < 1.29 is 14.0 Å². The fourth-order valence-corrected chi connectivity index (χ4v) is 3.39. The lowest BCUT2D eigenvalue weighted by Crippen LogP contribution is -2.37. The summed E-state index contributed by atoms with van der Waals surface area (Å²) in [5.74, 6) is -0.341. The summed E-state index contributed by atoms with van der Waals surface area (Å²) in [5, 5.41) is -0.110. The lowest BCUT2D eigenvalue weighted by Gasteiger charge is -2.40. The van der Waals surface area contributed by atoms with E-state index in [0.717, 1.165) is 25.5 Å². The van der Waals surface area contributed by atoms with Crippen LogP contribution < -0.4 is 5.48 Å². The molecule has 0 saturated heterocycles. The van der Waals surface area contributed by atoms with Crippen LogP contribution in [0.25, 0.3) is 0 Å². The summed E-state index contributed by atoms with van der Waals surface area (Å²) in [6.07, 6.45) is 6.37. The van der Waals surface area contributed by atoms with Crippen LogP contribution in [-0.2, 0) is 9.63 Å². The molecular weight excluding hydrogens is 285 g/mol. The summed E-state index contributed by atoms with van der Waals surface area (Å²) in [6, 6.07) is 0. The van der Waals surface area contributed by atoms with Gasteiger partial charge in [-0.05, 0) is 42.7 Å². The molecule has 7 heteroatoms. The minimum Gasteiger partial charge on any atom is -0.342 e. The smallest absolute Gasteiger partial charge is 0.335 e. The molecule has 1 N–H and O–H groups in total. The number of nitrogens with one attached hydrogen (secondary N) is 1. The van der Waals surface area contributed by atoms with E-state index in [1.165, 1.54) is 12.8 Å². The molecule has 1 atom stereocenters. The SMILES string of the molecule is O=C(ONc1nc(Cl)ncc1F)C1CC2CCC1CC2. The number of fused-ring (bicyclic) bond motifs is 3. The third kappa shape index (κ3) is 2.70. The Morgan fingerprint density at radius 3 is 2.80 bits per heavy atom. The largest absolute Gasteiger partial charge is 0.342 e. The number of carbonyl (C=O) groups is 1. The van der Waals surface area contributed by atoms with Crippen molar-refractivity contribution in [3.63, 3.8) is 0 Å². The highest BCUT2D eigenvalue weighted by Crippen LogP contribution is 2.45. The second kappa shape index (κ2) is 5.52. The maximum atomic E-state index is 13.4. The first-order valence-electron chi connectivity index (χ1n) is 6.78. The summed E-state index contributed by atoms with van der Waals surface area (Å²) in [7, 11) is 0. The maximum absolute atomic E-state index is 13.4. The fraction of sp³-hybridized carbons (Fsp3) is 0.615. The molecule has 108 valence electrons. The van der Waals surface area contributed by atoms with E-state index in [1.807, 2.05) is 0 Å². The molecule has 3 fully saturated rings. The molecule has 3 saturated carbocycles. The van der Waals surface area contributed by atoms with E-state index in [4.69, 9.17) is 16.4 Å². The summed E-state index contributed by atoms with van der Waals surface area (Å²) in [4.78, 5) is 24.2. The Labute approximate surface area is 120 Å². The molecule has 5 nitrogen and oxygen atoms in total. The Morgan fingerprint density at radius 2 is 2.15 bits per heavy atom. The van der Waals surface area contributed by atoms with Crippen LogP contribution in [-0.4, -0.2) is 15.9 Å². The van der Waals surface area contributed by atoms with Crippen molar-refractivity contribution in [1.82, 2.24) is 9.97 Å². The fourth-order valence-electron chi connectivity index (χ4n) is 3.26. The number of aromatic nitrogens is 2. The van der Waals surface area contributed by atoms with Gasteiger partial charge in [-0.15, -0.1) is 0 Å². The number of rotatable bonds is 3. The van der Waals surface area contributed by atoms with Gasteiger partial charge in [-0.2, -0.15) is 10.5 Å². The van der Waals surface area contributed by atoms with Gasteiger partial charge in [0.25, 0.3) is 0 Å². The zero-order chi connectivity index (χ0) is 14.1. The molecule has 1 aromatic heterocycles. The third-order valence-corrected chi connectivity index (χ3v) is 4.50. The van der Waals surface area contributed by atoms with Gasteiger partial charge < -0.3 is 4.84 Å². The maximum Gasteiger partial charge on any atom is 0.335 e. The van der Waals surface area contributed by atoms with Gasteiger partial charge in [-0.3, -0.25) is 0 Å². The number of anilines is 1. The number of hydrogen-bond donors (Lipinski definition) is 1. The van der Waals surface area contributed by atoms with Crippen LogP contribution in [0, 0.1) is 23.6 Å². The second-order valence-electron chi connectivity index (χ2n) is 5.48. The van der Waals surface area contributed by atoms with E-state index in [0.29, 0.717) is 11.8 Å². The van der Waals surface area contributed by atoms with Crippen LogP contribution in [0.5, 0.6) is 0 Å². The predicted octanol–water partition coefficient (Wildman–Crippen LogP) is 2.97. The van der Waals surface area contributed by atoms with Crippen LogP contribution in [0.2, 0.25) is 5.28 Å². The highest BCUT2D eigenvalue weighted by Gasteiger charge is 2.40. The standard InChI is InChI=1S/C13H15ClFN3O2/c14-13-16-6-10(15)11(17-13)18-20-12(19)9-5-7-1-3-8(9)4-2-7/h6-9H,1-5H2,(H,16,17,18). The Balaban J connectivity index is 1.61. The Morgan fingerprint density at radius 1 is 1.40 bits per heavy atom. The monoisotopic (exact) mass is 299 g/mol. The van der Waals surface area contributed by atoms with Crippen molar-refractivity contribution in [3.05, 3.63) is 17.3 Å². The molecule has 20 heavy (non-hydrogen) atoms. The van der Waals surface area contributed by atoms with E-state index in [2.05, 4.69) is 15.4 Å². The molecule has 4 rings (SSSR count). The van der Waals surface area contributed by atoms with Crippen LogP contribution in [0.3, 0.4) is 0 Å². The van der Waals surface area contributed by atoms with Gasteiger partial charge in [-0.1, -0.05) is 12.8 Å². The van der Waals surface area contributed by atoms with Crippen molar-refractivity contribution in [2.24, 2.45) is 17.8 Å². The van der Waals surface area contributed by atoms with Gasteiger partial charge >= 0.3 is 5.97 Å². The number of nitrogens with zero attached hydrogens (tertiary/aromatic N) is 2. The van der Waals surface area contributed by atoms with E-state index in [1.54, 1.807) is 0 Å². The van der Waals surface area contributed by atoms with Crippen molar-refractivity contribution in [1.29, 1.82) is 0 Å². The molecule has 0 radical (unpaired) electrons. The normalized spacial score (nSPS) is 28.2. The average Bonchev–Trinajstić information content (AvgIpc) is 2.49.